The summed E-state index contributed by atoms with van der Waals surface area (Å²) < 4.78 is 14.6. The van der Waals surface area contributed by atoms with Crippen molar-refractivity contribution in [2.75, 3.05) is 20.6 Å². The van der Waals surface area contributed by atoms with Crippen molar-refractivity contribution in [2.24, 2.45) is 11.8 Å². The SMILES string of the molecule is CC(C)Cc1cccc(CN(Cc2c(F)cccc2Cl)[C@@H](CC(C)C)CN(C)C)c1. The first-order valence-corrected chi connectivity index (χ1v) is 11.4. The molecule has 30 heavy (non-hydrogen) atoms. The molecule has 4 heteroatoms. The molecule has 0 bridgehead atoms. The zero-order chi connectivity index (χ0) is 22.3. The maximum Gasteiger partial charge on any atom is 0.129 e. The number of nitrogens with zero attached hydrogens (tertiary/aromatic N) is 2. The Hall–Kier alpha value is -1.42. The maximum absolute atomic E-state index is 14.6. The van der Waals surface area contributed by atoms with E-state index in [-0.39, 0.29) is 5.82 Å². The Balaban J connectivity index is 2.36. The molecule has 0 radical (unpaired) electrons. The standard InChI is InChI=1S/C26H38ClFN2/c1-19(2)13-21-9-7-10-22(15-21)16-30(23(14-20(3)4)17-29(5)6)18-24-25(27)11-8-12-26(24)28/h7-12,15,19-20,23H,13-14,16-18H2,1-6H3/t23-/m0/s1. The Morgan fingerprint density at radius 1 is 0.900 bits per heavy atom. The van der Waals surface area contributed by atoms with E-state index in [1.165, 1.54) is 17.2 Å². The minimum atomic E-state index is -0.228. The summed E-state index contributed by atoms with van der Waals surface area (Å²) in [6.07, 6.45) is 2.12. The van der Waals surface area contributed by atoms with Crippen LogP contribution in [0, 0.1) is 17.7 Å². The van der Waals surface area contributed by atoms with Gasteiger partial charge in [0.2, 0.25) is 0 Å². The molecule has 0 aliphatic carbocycles. The van der Waals surface area contributed by atoms with Crippen molar-refractivity contribution in [2.45, 2.75) is 59.7 Å². The first-order chi connectivity index (χ1) is 14.2. The Labute approximate surface area is 188 Å². The average Bonchev–Trinajstić information content (AvgIpc) is 2.62. The molecule has 2 nitrogen and oxygen atoms in total. The van der Waals surface area contributed by atoms with Crippen molar-refractivity contribution in [3.8, 4) is 0 Å². The van der Waals surface area contributed by atoms with E-state index in [2.05, 4.69) is 75.9 Å². The second-order valence-corrected chi connectivity index (χ2v) is 9.98. The molecule has 0 saturated heterocycles. The van der Waals surface area contributed by atoms with Crippen molar-refractivity contribution in [3.05, 3.63) is 70.0 Å². The maximum atomic E-state index is 14.6. The lowest BCUT2D eigenvalue weighted by molar-refractivity contribution is 0.126. The molecule has 1 atom stereocenters. The second-order valence-electron chi connectivity index (χ2n) is 9.57. The topological polar surface area (TPSA) is 6.48 Å². The predicted octanol–water partition coefficient (Wildman–Crippen LogP) is 6.66. The normalized spacial score (nSPS) is 13.1. The second kappa shape index (κ2) is 11.8. The molecule has 0 fully saturated rings. The van der Waals surface area contributed by atoms with E-state index < -0.39 is 0 Å². The molecule has 0 aliphatic heterocycles. The number of benzene rings is 2. The van der Waals surface area contributed by atoms with E-state index in [9.17, 15) is 4.39 Å². The molecule has 0 aromatic heterocycles. The highest BCUT2D eigenvalue weighted by Crippen LogP contribution is 2.25. The highest BCUT2D eigenvalue weighted by atomic mass is 35.5. The van der Waals surface area contributed by atoms with Gasteiger partial charge in [0.15, 0.2) is 0 Å². The molecule has 0 heterocycles. The van der Waals surface area contributed by atoms with Gasteiger partial charge in [-0.2, -0.15) is 0 Å². The van der Waals surface area contributed by atoms with Crippen LogP contribution in [0.1, 0.15) is 50.8 Å². The highest BCUT2D eigenvalue weighted by molar-refractivity contribution is 6.31. The molecule has 0 amide bonds. The molecule has 2 aromatic carbocycles. The van der Waals surface area contributed by atoms with Crippen LogP contribution in [0.5, 0.6) is 0 Å². The largest absolute Gasteiger partial charge is 0.308 e. The van der Waals surface area contributed by atoms with E-state index >= 15 is 0 Å². The molecular formula is C26H38ClFN2. The van der Waals surface area contributed by atoms with Crippen LogP contribution >= 0.6 is 11.6 Å². The van der Waals surface area contributed by atoms with Gasteiger partial charge in [-0.1, -0.05) is 69.6 Å². The van der Waals surface area contributed by atoms with Crippen LogP contribution in [-0.2, 0) is 19.5 Å². The number of likely N-dealkylation sites (N-methyl/N-ethyl adjacent to an activating group) is 1. The van der Waals surface area contributed by atoms with E-state index in [0.29, 0.717) is 35.0 Å². The minimum Gasteiger partial charge on any atom is -0.308 e. The zero-order valence-electron chi connectivity index (χ0n) is 19.5. The number of hydrogen-bond acceptors (Lipinski definition) is 2. The van der Waals surface area contributed by atoms with Gasteiger partial charge in [0.1, 0.15) is 5.82 Å². The van der Waals surface area contributed by atoms with Crippen LogP contribution in [0.3, 0.4) is 0 Å². The number of rotatable bonds is 11. The average molecular weight is 433 g/mol. The van der Waals surface area contributed by atoms with Gasteiger partial charge in [0.25, 0.3) is 0 Å². The summed E-state index contributed by atoms with van der Waals surface area (Å²) >= 11 is 6.40. The first-order valence-electron chi connectivity index (χ1n) is 11.0. The van der Waals surface area contributed by atoms with Crippen molar-refractivity contribution in [3.63, 3.8) is 0 Å². The van der Waals surface area contributed by atoms with Crippen LogP contribution in [0.2, 0.25) is 5.02 Å². The molecule has 166 valence electrons. The van der Waals surface area contributed by atoms with Crippen molar-refractivity contribution in [1.82, 2.24) is 9.80 Å². The molecule has 2 rings (SSSR count). The van der Waals surface area contributed by atoms with Crippen LogP contribution in [0.15, 0.2) is 42.5 Å². The van der Waals surface area contributed by atoms with Crippen LogP contribution < -0.4 is 0 Å². The lowest BCUT2D eigenvalue weighted by atomic mass is 9.98. The third kappa shape index (κ3) is 8.02. The molecule has 2 aromatic rings. The van der Waals surface area contributed by atoms with Gasteiger partial charge >= 0.3 is 0 Å². The predicted molar refractivity (Wildman–Crippen MR) is 127 cm³/mol. The summed E-state index contributed by atoms with van der Waals surface area (Å²) in [7, 11) is 4.20. The van der Waals surface area contributed by atoms with Crippen molar-refractivity contribution >= 4 is 11.6 Å². The van der Waals surface area contributed by atoms with E-state index in [4.69, 9.17) is 11.6 Å². The highest BCUT2D eigenvalue weighted by Gasteiger charge is 2.23. The summed E-state index contributed by atoms with van der Waals surface area (Å²) in [4.78, 5) is 4.62. The van der Waals surface area contributed by atoms with Crippen molar-refractivity contribution < 1.29 is 4.39 Å². The first kappa shape index (κ1) is 24.8. The fraction of sp³-hybridized carbons (Fsp3) is 0.538. The van der Waals surface area contributed by atoms with Gasteiger partial charge in [-0.25, -0.2) is 4.39 Å². The fourth-order valence-corrected chi connectivity index (χ4v) is 4.29. The van der Waals surface area contributed by atoms with Crippen LogP contribution in [0.25, 0.3) is 0 Å². The van der Waals surface area contributed by atoms with Gasteiger partial charge in [-0.15, -0.1) is 0 Å². The lowest BCUT2D eigenvalue weighted by Gasteiger charge is -2.35. The molecule has 0 saturated carbocycles. The summed E-state index contributed by atoms with van der Waals surface area (Å²) in [6, 6.07) is 14.1. The van der Waals surface area contributed by atoms with Crippen LogP contribution in [-0.4, -0.2) is 36.5 Å². The summed E-state index contributed by atoms with van der Waals surface area (Å²) in [5, 5.41) is 0.502. The van der Waals surface area contributed by atoms with E-state index in [1.807, 2.05) is 0 Å². The Morgan fingerprint density at radius 3 is 2.17 bits per heavy atom. The Kier molecular flexibility index (Phi) is 9.80. The van der Waals surface area contributed by atoms with Crippen molar-refractivity contribution in [1.29, 1.82) is 0 Å². The molecular weight excluding hydrogens is 395 g/mol. The minimum absolute atomic E-state index is 0.228. The van der Waals surface area contributed by atoms with E-state index in [1.54, 1.807) is 12.1 Å². The Morgan fingerprint density at radius 2 is 1.57 bits per heavy atom. The molecule has 0 unspecified atom stereocenters. The number of halogens is 2. The van der Waals surface area contributed by atoms with Crippen LogP contribution in [0.4, 0.5) is 4.39 Å². The van der Waals surface area contributed by atoms with Gasteiger partial charge < -0.3 is 4.90 Å². The van der Waals surface area contributed by atoms with Gasteiger partial charge in [-0.05, 0) is 62.0 Å². The lowest BCUT2D eigenvalue weighted by Crippen LogP contribution is -2.42. The summed E-state index contributed by atoms with van der Waals surface area (Å²) in [5.74, 6) is 0.950. The fourth-order valence-electron chi connectivity index (χ4n) is 4.07. The Bertz CT molecular complexity index is 758. The molecule has 0 aliphatic rings. The smallest absolute Gasteiger partial charge is 0.129 e. The van der Waals surface area contributed by atoms with E-state index in [0.717, 1.165) is 25.9 Å². The van der Waals surface area contributed by atoms with Gasteiger partial charge in [-0.3, -0.25) is 4.90 Å². The third-order valence-corrected chi connectivity index (χ3v) is 5.63. The third-order valence-electron chi connectivity index (χ3n) is 5.28. The van der Waals surface area contributed by atoms with Gasteiger partial charge in [0, 0.05) is 36.3 Å². The molecule has 0 spiro atoms. The summed E-state index contributed by atoms with van der Waals surface area (Å²) in [5.41, 5.74) is 3.22. The van der Waals surface area contributed by atoms with Gasteiger partial charge in [0.05, 0.1) is 0 Å². The zero-order valence-corrected chi connectivity index (χ0v) is 20.2. The summed E-state index contributed by atoms with van der Waals surface area (Å²) in [6.45, 7) is 11.2. The molecule has 0 N–H and O–H groups in total. The quantitative estimate of drug-likeness (QED) is 0.392. The monoisotopic (exact) mass is 432 g/mol. The number of hydrogen-bond donors (Lipinski definition) is 0.